The standard InChI is InChI=1S/C26H25FN4O4/c1-29(2)26(35)23-19(14-32)18-13-30-21(22(18)31(23)25(34)20-5-3-4-12-28-20)11-10-17(24(30)33)15-6-8-16(27)9-7-15/h3-12,18-19,22-23,32H,13-14H2,1-2H3/t18-,19-,22+,23-/m1/s1. The molecule has 0 radical (unpaired) electrons. The van der Waals surface area contributed by atoms with Crippen LogP contribution in [0, 0.1) is 17.7 Å². The van der Waals surface area contributed by atoms with Crippen molar-refractivity contribution in [3.05, 3.63) is 88.4 Å². The first-order valence-electron chi connectivity index (χ1n) is 11.4. The number of aliphatic hydroxyl groups is 1. The number of carbonyl (C=O) groups excluding carboxylic acids is 2. The third-order valence-corrected chi connectivity index (χ3v) is 7.04. The van der Waals surface area contributed by atoms with Gasteiger partial charge < -0.3 is 19.5 Å². The summed E-state index contributed by atoms with van der Waals surface area (Å²) in [7, 11) is 3.23. The maximum absolute atomic E-state index is 13.7. The summed E-state index contributed by atoms with van der Waals surface area (Å²) in [5.74, 6) is -2.01. The third kappa shape index (κ3) is 3.63. The van der Waals surface area contributed by atoms with Crippen LogP contribution in [0.5, 0.6) is 0 Å². The van der Waals surface area contributed by atoms with E-state index in [1.165, 1.54) is 28.1 Å². The van der Waals surface area contributed by atoms with Gasteiger partial charge in [0.1, 0.15) is 17.6 Å². The molecule has 1 fully saturated rings. The lowest BCUT2D eigenvalue weighted by atomic mass is 9.88. The van der Waals surface area contributed by atoms with Crippen LogP contribution in [0.15, 0.2) is 65.6 Å². The van der Waals surface area contributed by atoms with E-state index in [4.69, 9.17) is 0 Å². The van der Waals surface area contributed by atoms with Crippen LogP contribution in [0.25, 0.3) is 11.1 Å². The third-order valence-electron chi connectivity index (χ3n) is 7.04. The minimum Gasteiger partial charge on any atom is -0.396 e. The van der Waals surface area contributed by atoms with Gasteiger partial charge in [-0.2, -0.15) is 0 Å². The molecule has 3 aromatic rings. The van der Waals surface area contributed by atoms with E-state index in [1.54, 1.807) is 61.1 Å². The highest BCUT2D eigenvalue weighted by Gasteiger charge is 2.57. The molecule has 5 rings (SSSR count). The highest BCUT2D eigenvalue weighted by molar-refractivity contribution is 5.97. The molecule has 4 atom stereocenters. The lowest BCUT2D eigenvalue weighted by molar-refractivity contribution is -0.134. The zero-order chi connectivity index (χ0) is 24.9. The van der Waals surface area contributed by atoms with Gasteiger partial charge in [0.25, 0.3) is 11.5 Å². The van der Waals surface area contributed by atoms with Crippen LogP contribution in [-0.2, 0) is 11.3 Å². The molecule has 1 saturated heterocycles. The highest BCUT2D eigenvalue weighted by Crippen LogP contribution is 2.50. The van der Waals surface area contributed by atoms with Crippen LogP contribution in [0.3, 0.4) is 0 Å². The Hall–Kier alpha value is -3.85. The molecule has 9 heteroatoms. The summed E-state index contributed by atoms with van der Waals surface area (Å²) in [6.07, 6.45) is 1.51. The largest absolute Gasteiger partial charge is 0.396 e. The van der Waals surface area contributed by atoms with Crippen LogP contribution < -0.4 is 5.56 Å². The molecule has 35 heavy (non-hydrogen) atoms. The summed E-state index contributed by atoms with van der Waals surface area (Å²) in [5, 5.41) is 10.3. The number of aliphatic hydroxyl groups excluding tert-OH is 1. The fourth-order valence-corrected chi connectivity index (χ4v) is 5.43. The predicted octanol–water partition coefficient (Wildman–Crippen LogP) is 1.94. The van der Waals surface area contributed by atoms with Crippen molar-refractivity contribution in [2.24, 2.45) is 11.8 Å². The van der Waals surface area contributed by atoms with E-state index in [0.29, 0.717) is 16.8 Å². The predicted molar refractivity (Wildman–Crippen MR) is 126 cm³/mol. The molecular weight excluding hydrogens is 451 g/mol. The monoisotopic (exact) mass is 476 g/mol. The number of aromatic nitrogens is 2. The summed E-state index contributed by atoms with van der Waals surface area (Å²) < 4.78 is 15.0. The van der Waals surface area contributed by atoms with Gasteiger partial charge in [-0.1, -0.05) is 18.2 Å². The summed E-state index contributed by atoms with van der Waals surface area (Å²) in [4.78, 5) is 47.5. The van der Waals surface area contributed by atoms with Crippen molar-refractivity contribution in [3.63, 3.8) is 0 Å². The fraction of sp³-hybridized carbons (Fsp3) is 0.308. The van der Waals surface area contributed by atoms with E-state index in [1.807, 2.05) is 0 Å². The Morgan fingerprint density at radius 1 is 1.11 bits per heavy atom. The first-order valence-corrected chi connectivity index (χ1v) is 11.4. The molecule has 0 unspecified atom stereocenters. The van der Waals surface area contributed by atoms with Crippen LogP contribution in [0.2, 0.25) is 0 Å². The molecule has 8 nitrogen and oxygen atoms in total. The Bertz CT molecular complexity index is 1340. The van der Waals surface area contributed by atoms with Crippen molar-refractivity contribution in [2.45, 2.75) is 18.6 Å². The molecule has 0 saturated carbocycles. The molecule has 2 aromatic heterocycles. The molecular formula is C26H25FN4O4. The van der Waals surface area contributed by atoms with Crippen molar-refractivity contribution < 1.29 is 19.1 Å². The molecule has 1 aromatic carbocycles. The Balaban J connectivity index is 1.64. The minimum absolute atomic E-state index is 0.185. The molecule has 0 aliphatic carbocycles. The number of pyridine rings is 2. The van der Waals surface area contributed by atoms with Gasteiger partial charge in [0.15, 0.2) is 0 Å². The van der Waals surface area contributed by atoms with Gasteiger partial charge in [0.05, 0.1) is 6.04 Å². The van der Waals surface area contributed by atoms with Gasteiger partial charge in [-0.25, -0.2) is 4.39 Å². The summed E-state index contributed by atoms with van der Waals surface area (Å²) in [5.41, 5.74) is 1.52. The molecule has 0 bridgehead atoms. The number of hydrogen-bond acceptors (Lipinski definition) is 5. The number of hydrogen-bond donors (Lipinski definition) is 1. The number of fused-ring (bicyclic) bond motifs is 3. The van der Waals surface area contributed by atoms with Gasteiger partial charge in [-0.3, -0.25) is 19.4 Å². The van der Waals surface area contributed by atoms with Gasteiger partial charge in [-0.05, 0) is 42.0 Å². The average molecular weight is 477 g/mol. The van der Waals surface area contributed by atoms with E-state index >= 15 is 0 Å². The Kier molecular flexibility index (Phi) is 5.72. The van der Waals surface area contributed by atoms with E-state index in [0.717, 1.165) is 0 Å². The number of benzene rings is 1. The minimum atomic E-state index is -0.889. The molecule has 2 aliphatic rings. The van der Waals surface area contributed by atoms with Crippen LogP contribution in [0.4, 0.5) is 4.39 Å². The second-order valence-electron chi connectivity index (χ2n) is 9.15. The van der Waals surface area contributed by atoms with Crippen molar-refractivity contribution >= 4 is 11.8 Å². The zero-order valence-electron chi connectivity index (χ0n) is 19.3. The molecule has 1 N–H and O–H groups in total. The van der Waals surface area contributed by atoms with Crippen LogP contribution >= 0.6 is 0 Å². The van der Waals surface area contributed by atoms with Gasteiger partial charge in [0, 0.05) is 56.5 Å². The summed E-state index contributed by atoms with van der Waals surface area (Å²) >= 11 is 0. The SMILES string of the molecule is CN(C)C(=O)[C@H]1[C@H](CO)[C@H]2Cn3c(ccc(-c4ccc(F)cc4)c3=O)[C@H]2N1C(=O)c1ccccn1. The molecule has 0 spiro atoms. The van der Waals surface area contributed by atoms with E-state index in [2.05, 4.69) is 4.98 Å². The number of likely N-dealkylation sites (N-methyl/N-ethyl adjacent to an activating group) is 1. The molecule has 180 valence electrons. The van der Waals surface area contributed by atoms with E-state index in [9.17, 15) is 23.9 Å². The second-order valence-corrected chi connectivity index (χ2v) is 9.15. The first kappa shape index (κ1) is 22.9. The van der Waals surface area contributed by atoms with Crippen molar-refractivity contribution in [1.29, 1.82) is 0 Å². The normalized spacial score (nSPS) is 22.6. The summed E-state index contributed by atoms with van der Waals surface area (Å²) in [6, 6.07) is 12.7. The van der Waals surface area contributed by atoms with Gasteiger partial charge in [0.2, 0.25) is 5.91 Å². The number of nitrogens with zero attached hydrogens (tertiary/aromatic N) is 4. The number of halogens is 1. The van der Waals surface area contributed by atoms with Crippen LogP contribution in [0.1, 0.15) is 22.2 Å². The van der Waals surface area contributed by atoms with Crippen molar-refractivity contribution in [2.75, 3.05) is 20.7 Å². The van der Waals surface area contributed by atoms with E-state index in [-0.39, 0.29) is 36.2 Å². The van der Waals surface area contributed by atoms with Crippen molar-refractivity contribution in [3.8, 4) is 11.1 Å². The number of likely N-dealkylation sites (tertiary alicyclic amines) is 1. The van der Waals surface area contributed by atoms with Crippen LogP contribution in [-0.4, -0.2) is 63.0 Å². The van der Waals surface area contributed by atoms with Gasteiger partial charge in [-0.15, -0.1) is 0 Å². The highest BCUT2D eigenvalue weighted by atomic mass is 19.1. The Labute approximate surface area is 201 Å². The topological polar surface area (TPSA) is 95.7 Å². The number of carbonyl (C=O) groups is 2. The second kappa shape index (κ2) is 8.74. The molecule has 2 aliphatic heterocycles. The number of amides is 2. The fourth-order valence-electron chi connectivity index (χ4n) is 5.43. The Morgan fingerprint density at radius 3 is 2.49 bits per heavy atom. The smallest absolute Gasteiger partial charge is 0.273 e. The quantitative estimate of drug-likeness (QED) is 0.621. The maximum Gasteiger partial charge on any atom is 0.273 e. The number of rotatable bonds is 4. The zero-order valence-corrected chi connectivity index (χ0v) is 19.3. The first-order chi connectivity index (χ1) is 16.8. The maximum atomic E-state index is 13.7. The summed E-state index contributed by atoms with van der Waals surface area (Å²) in [6.45, 7) is -0.0622. The van der Waals surface area contributed by atoms with Gasteiger partial charge >= 0.3 is 0 Å². The molecule has 2 amide bonds. The molecule has 4 heterocycles. The Morgan fingerprint density at radius 2 is 1.86 bits per heavy atom. The average Bonchev–Trinajstić information content (AvgIpc) is 3.39. The lowest BCUT2D eigenvalue weighted by Gasteiger charge is -2.32. The van der Waals surface area contributed by atoms with E-state index < -0.39 is 29.7 Å². The van der Waals surface area contributed by atoms with Crippen molar-refractivity contribution in [1.82, 2.24) is 19.4 Å². The lowest BCUT2D eigenvalue weighted by Crippen LogP contribution is -2.50.